The third-order valence-electron chi connectivity index (χ3n) is 3.00. The lowest BCUT2D eigenvalue weighted by Gasteiger charge is -2.33. The Hall–Kier alpha value is -1.10. The van der Waals surface area contributed by atoms with Crippen molar-refractivity contribution in [1.82, 2.24) is 4.90 Å². The topological polar surface area (TPSA) is 55.8 Å². The Morgan fingerprint density at radius 2 is 2.12 bits per heavy atom. The van der Waals surface area contributed by atoms with Crippen LogP contribution in [-0.4, -0.2) is 49.7 Å². The standard InChI is InChI=1S/C12H21NO4/c1-3-17-12(15)10-6-4-5-8-13(10)9-7-11(14)16-2/h10H,3-9H2,1-2H3. The molecule has 0 aromatic carbocycles. The van der Waals surface area contributed by atoms with Gasteiger partial charge in [0.2, 0.25) is 0 Å². The third kappa shape index (κ3) is 4.34. The highest BCUT2D eigenvalue weighted by molar-refractivity contribution is 5.76. The number of piperidine rings is 1. The van der Waals surface area contributed by atoms with E-state index in [0.717, 1.165) is 25.8 Å². The largest absolute Gasteiger partial charge is 0.469 e. The van der Waals surface area contributed by atoms with Crippen molar-refractivity contribution < 1.29 is 19.1 Å². The molecule has 0 aromatic rings. The Morgan fingerprint density at radius 1 is 1.35 bits per heavy atom. The van der Waals surface area contributed by atoms with Crippen molar-refractivity contribution in [1.29, 1.82) is 0 Å². The first kappa shape index (κ1) is 14.0. The molecule has 1 unspecified atom stereocenters. The number of likely N-dealkylation sites (tertiary alicyclic amines) is 1. The summed E-state index contributed by atoms with van der Waals surface area (Å²) in [6.45, 7) is 3.62. The highest BCUT2D eigenvalue weighted by Gasteiger charge is 2.29. The van der Waals surface area contributed by atoms with Gasteiger partial charge in [0.25, 0.3) is 0 Å². The van der Waals surface area contributed by atoms with E-state index in [9.17, 15) is 9.59 Å². The molecule has 1 saturated heterocycles. The number of rotatable bonds is 5. The molecule has 98 valence electrons. The summed E-state index contributed by atoms with van der Waals surface area (Å²) in [6, 6.07) is -0.187. The van der Waals surface area contributed by atoms with Crippen molar-refractivity contribution in [2.24, 2.45) is 0 Å². The lowest BCUT2D eigenvalue weighted by atomic mass is 10.0. The van der Waals surface area contributed by atoms with E-state index in [1.54, 1.807) is 6.92 Å². The van der Waals surface area contributed by atoms with Crippen LogP contribution in [0.2, 0.25) is 0 Å². The van der Waals surface area contributed by atoms with E-state index in [1.807, 2.05) is 4.90 Å². The van der Waals surface area contributed by atoms with Crippen LogP contribution >= 0.6 is 0 Å². The predicted molar refractivity (Wildman–Crippen MR) is 62.5 cm³/mol. The van der Waals surface area contributed by atoms with Crippen LogP contribution in [0.15, 0.2) is 0 Å². The fraction of sp³-hybridized carbons (Fsp3) is 0.833. The first-order chi connectivity index (χ1) is 8.19. The van der Waals surface area contributed by atoms with Crippen molar-refractivity contribution in [3.8, 4) is 0 Å². The smallest absolute Gasteiger partial charge is 0.323 e. The van der Waals surface area contributed by atoms with E-state index in [0.29, 0.717) is 19.6 Å². The molecule has 1 rings (SSSR count). The highest BCUT2D eigenvalue weighted by Crippen LogP contribution is 2.18. The van der Waals surface area contributed by atoms with E-state index >= 15 is 0 Å². The van der Waals surface area contributed by atoms with Gasteiger partial charge in [-0.25, -0.2) is 0 Å². The van der Waals surface area contributed by atoms with Gasteiger partial charge < -0.3 is 9.47 Å². The fourth-order valence-corrected chi connectivity index (χ4v) is 2.10. The summed E-state index contributed by atoms with van der Waals surface area (Å²) in [6.07, 6.45) is 3.25. The molecule has 1 aliphatic rings. The molecular weight excluding hydrogens is 222 g/mol. The number of methoxy groups -OCH3 is 1. The molecular formula is C12H21NO4. The quantitative estimate of drug-likeness (QED) is 0.673. The first-order valence-electron chi connectivity index (χ1n) is 6.16. The molecule has 5 nitrogen and oxygen atoms in total. The molecule has 1 heterocycles. The number of carbonyl (C=O) groups excluding carboxylic acids is 2. The molecule has 0 saturated carbocycles. The van der Waals surface area contributed by atoms with E-state index in [4.69, 9.17) is 4.74 Å². The summed E-state index contributed by atoms with van der Waals surface area (Å²) >= 11 is 0. The number of hydrogen-bond donors (Lipinski definition) is 0. The van der Waals surface area contributed by atoms with Crippen LogP contribution in [0.4, 0.5) is 0 Å². The zero-order valence-corrected chi connectivity index (χ0v) is 10.6. The van der Waals surface area contributed by atoms with Crippen LogP contribution in [-0.2, 0) is 19.1 Å². The molecule has 0 aliphatic carbocycles. The molecule has 5 heteroatoms. The van der Waals surface area contributed by atoms with E-state index in [2.05, 4.69) is 4.74 Å². The zero-order chi connectivity index (χ0) is 12.7. The van der Waals surface area contributed by atoms with Crippen LogP contribution < -0.4 is 0 Å². The first-order valence-corrected chi connectivity index (χ1v) is 6.16. The minimum absolute atomic E-state index is 0.169. The van der Waals surface area contributed by atoms with Gasteiger partial charge >= 0.3 is 11.9 Å². The van der Waals surface area contributed by atoms with Crippen molar-refractivity contribution in [2.45, 2.75) is 38.6 Å². The monoisotopic (exact) mass is 243 g/mol. The van der Waals surface area contributed by atoms with Gasteiger partial charge in [0.1, 0.15) is 6.04 Å². The SMILES string of the molecule is CCOC(=O)C1CCCCN1CCC(=O)OC. The molecule has 17 heavy (non-hydrogen) atoms. The van der Waals surface area contributed by atoms with Gasteiger partial charge in [-0.15, -0.1) is 0 Å². The van der Waals surface area contributed by atoms with Crippen molar-refractivity contribution in [3.63, 3.8) is 0 Å². The van der Waals surface area contributed by atoms with Gasteiger partial charge in [0.05, 0.1) is 20.1 Å². The van der Waals surface area contributed by atoms with Gasteiger partial charge in [-0.1, -0.05) is 6.42 Å². The highest BCUT2D eigenvalue weighted by atomic mass is 16.5. The number of ether oxygens (including phenoxy) is 2. The predicted octanol–water partition coefficient (Wildman–Crippen LogP) is 0.967. The maximum absolute atomic E-state index is 11.7. The molecule has 0 aromatic heterocycles. The summed E-state index contributed by atoms with van der Waals surface area (Å²) in [5, 5.41) is 0. The van der Waals surface area contributed by atoms with E-state index in [1.165, 1.54) is 7.11 Å². The van der Waals surface area contributed by atoms with Crippen LogP contribution in [0.5, 0.6) is 0 Å². The van der Waals surface area contributed by atoms with Crippen LogP contribution in [0.1, 0.15) is 32.6 Å². The number of nitrogens with zero attached hydrogens (tertiary/aromatic N) is 1. The van der Waals surface area contributed by atoms with Gasteiger partial charge in [-0.05, 0) is 26.3 Å². The Bertz CT molecular complexity index is 267. The summed E-state index contributed by atoms with van der Waals surface area (Å²) in [5.41, 5.74) is 0. The summed E-state index contributed by atoms with van der Waals surface area (Å²) in [7, 11) is 1.38. The van der Waals surface area contributed by atoms with Crippen molar-refractivity contribution in [2.75, 3.05) is 26.8 Å². The Kier molecular flexibility index (Phi) is 5.97. The van der Waals surface area contributed by atoms with E-state index < -0.39 is 0 Å². The van der Waals surface area contributed by atoms with E-state index in [-0.39, 0.29) is 18.0 Å². The molecule has 0 spiro atoms. The molecule has 1 aliphatic heterocycles. The van der Waals surface area contributed by atoms with Crippen molar-refractivity contribution >= 4 is 11.9 Å². The number of hydrogen-bond acceptors (Lipinski definition) is 5. The van der Waals surface area contributed by atoms with Gasteiger partial charge in [0, 0.05) is 6.54 Å². The second-order valence-corrected chi connectivity index (χ2v) is 4.13. The number of carbonyl (C=O) groups is 2. The second kappa shape index (κ2) is 7.27. The van der Waals surface area contributed by atoms with Crippen LogP contribution in [0.25, 0.3) is 0 Å². The zero-order valence-electron chi connectivity index (χ0n) is 10.6. The molecule has 1 atom stereocenters. The minimum Gasteiger partial charge on any atom is -0.469 e. The second-order valence-electron chi connectivity index (χ2n) is 4.13. The van der Waals surface area contributed by atoms with Gasteiger partial charge in [0.15, 0.2) is 0 Å². The average Bonchev–Trinajstić information content (AvgIpc) is 2.36. The van der Waals surface area contributed by atoms with Gasteiger partial charge in [-0.2, -0.15) is 0 Å². The van der Waals surface area contributed by atoms with Crippen LogP contribution in [0, 0.1) is 0 Å². The summed E-state index contributed by atoms with van der Waals surface area (Å²) < 4.78 is 9.65. The molecule has 0 radical (unpaired) electrons. The summed E-state index contributed by atoms with van der Waals surface area (Å²) in [5.74, 6) is -0.407. The number of esters is 2. The normalized spacial score (nSPS) is 20.9. The molecule has 0 amide bonds. The maximum Gasteiger partial charge on any atom is 0.323 e. The molecule has 1 fully saturated rings. The lowest BCUT2D eigenvalue weighted by molar-refractivity contribution is -0.152. The Labute approximate surface area is 102 Å². The van der Waals surface area contributed by atoms with Crippen LogP contribution in [0.3, 0.4) is 0 Å². The maximum atomic E-state index is 11.7. The Morgan fingerprint density at radius 3 is 2.76 bits per heavy atom. The summed E-state index contributed by atoms with van der Waals surface area (Å²) in [4.78, 5) is 24.9. The molecule has 0 N–H and O–H groups in total. The fourth-order valence-electron chi connectivity index (χ4n) is 2.10. The molecule has 0 bridgehead atoms. The van der Waals surface area contributed by atoms with Crippen molar-refractivity contribution in [3.05, 3.63) is 0 Å². The third-order valence-corrected chi connectivity index (χ3v) is 3.00. The minimum atomic E-state index is -0.238. The lowest BCUT2D eigenvalue weighted by Crippen LogP contribution is -2.46. The Balaban J connectivity index is 2.47. The average molecular weight is 243 g/mol. The van der Waals surface area contributed by atoms with Gasteiger partial charge in [-0.3, -0.25) is 14.5 Å².